The molecular formula is C7H12F2N2O. The molecule has 1 aliphatic rings. The quantitative estimate of drug-likeness (QED) is 0.667. The van der Waals surface area contributed by atoms with Gasteiger partial charge in [0, 0.05) is 12.0 Å². The molecule has 0 bridgehead atoms. The summed E-state index contributed by atoms with van der Waals surface area (Å²) < 4.78 is 24.8. The van der Waals surface area contributed by atoms with Gasteiger partial charge in [-0.2, -0.15) is 0 Å². The van der Waals surface area contributed by atoms with Crippen LogP contribution in [-0.2, 0) is 0 Å². The van der Waals surface area contributed by atoms with Crippen molar-refractivity contribution in [3.8, 4) is 0 Å². The Morgan fingerprint density at radius 2 is 2.17 bits per heavy atom. The minimum Gasteiger partial charge on any atom is -0.352 e. The highest BCUT2D eigenvalue weighted by Crippen LogP contribution is 2.45. The van der Waals surface area contributed by atoms with Crippen molar-refractivity contribution in [3.05, 3.63) is 0 Å². The molecule has 0 radical (unpaired) electrons. The van der Waals surface area contributed by atoms with Gasteiger partial charge in [-0.3, -0.25) is 0 Å². The lowest BCUT2D eigenvalue weighted by Crippen LogP contribution is -2.48. The first-order valence-corrected chi connectivity index (χ1v) is 3.88. The second kappa shape index (κ2) is 3.25. The molecule has 0 aliphatic heterocycles. The Balaban J connectivity index is 2.40. The van der Waals surface area contributed by atoms with Crippen molar-refractivity contribution in [1.82, 2.24) is 5.32 Å². The Hall–Kier alpha value is -0.870. The first kappa shape index (κ1) is 9.22. The van der Waals surface area contributed by atoms with Crippen molar-refractivity contribution in [2.24, 2.45) is 11.1 Å². The van der Waals surface area contributed by atoms with Gasteiger partial charge in [0.15, 0.2) is 0 Å². The zero-order valence-electron chi connectivity index (χ0n) is 6.65. The normalized spacial score (nSPS) is 20.2. The van der Waals surface area contributed by atoms with Gasteiger partial charge in [-0.05, 0) is 12.8 Å². The molecule has 5 heteroatoms. The minimum absolute atomic E-state index is 0. The topological polar surface area (TPSA) is 55.1 Å². The van der Waals surface area contributed by atoms with Crippen LogP contribution in [-0.4, -0.2) is 19.0 Å². The highest BCUT2D eigenvalue weighted by atomic mass is 19.3. The number of urea groups is 1. The molecule has 0 atom stereocenters. The van der Waals surface area contributed by atoms with E-state index in [-0.39, 0.29) is 6.54 Å². The van der Waals surface area contributed by atoms with Crippen molar-refractivity contribution >= 4 is 6.03 Å². The molecule has 0 heterocycles. The molecule has 12 heavy (non-hydrogen) atoms. The zero-order valence-corrected chi connectivity index (χ0v) is 6.65. The summed E-state index contributed by atoms with van der Waals surface area (Å²) in [7, 11) is 0. The third-order valence-corrected chi connectivity index (χ3v) is 2.43. The summed E-state index contributed by atoms with van der Waals surface area (Å²) >= 11 is 0. The third-order valence-electron chi connectivity index (χ3n) is 2.43. The standard InChI is InChI=1S/C7H12F2N2O/c8-5(9)7(2-1-3-7)4-11-6(10)12/h5H,1-4H2,(H3,10,11,12). The monoisotopic (exact) mass is 178 g/mol. The SMILES string of the molecule is NC(=O)NCC1(C(F)F)CCC1. The maximum atomic E-state index is 12.4. The van der Waals surface area contributed by atoms with Crippen LogP contribution in [0.25, 0.3) is 0 Å². The van der Waals surface area contributed by atoms with Gasteiger partial charge in [0.05, 0.1) is 0 Å². The fourth-order valence-corrected chi connectivity index (χ4v) is 1.37. The summed E-state index contributed by atoms with van der Waals surface area (Å²) in [5, 5.41) is 2.23. The van der Waals surface area contributed by atoms with Crippen molar-refractivity contribution in [1.29, 1.82) is 0 Å². The van der Waals surface area contributed by atoms with Gasteiger partial charge in [-0.25, -0.2) is 13.6 Å². The molecule has 0 aromatic heterocycles. The van der Waals surface area contributed by atoms with Crippen LogP contribution in [0.2, 0.25) is 0 Å². The number of carbonyl (C=O) groups excluding carboxylic acids is 1. The highest BCUT2D eigenvalue weighted by Gasteiger charge is 2.45. The van der Waals surface area contributed by atoms with Gasteiger partial charge in [0.25, 0.3) is 0 Å². The summed E-state index contributed by atoms with van der Waals surface area (Å²) in [5.74, 6) is 0. The number of hydrogen-bond acceptors (Lipinski definition) is 1. The van der Waals surface area contributed by atoms with Gasteiger partial charge in [0.1, 0.15) is 0 Å². The van der Waals surface area contributed by atoms with Crippen LogP contribution in [0.5, 0.6) is 0 Å². The first-order valence-electron chi connectivity index (χ1n) is 3.88. The Bertz CT molecular complexity index is 180. The van der Waals surface area contributed by atoms with E-state index in [0.717, 1.165) is 6.42 Å². The number of rotatable bonds is 3. The lowest BCUT2D eigenvalue weighted by molar-refractivity contribution is -0.0565. The van der Waals surface area contributed by atoms with Gasteiger partial charge in [-0.15, -0.1) is 0 Å². The van der Waals surface area contributed by atoms with Crippen LogP contribution in [0.15, 0.2) is 0 Å². The smallest absolute Gasteiger partial charge is 0.312 e. The van der Waals surface area contributed by atoms with Crippen molar-refractivity contribution in [2.45, 2.75) is 25.7 Å². The number of alkyl halides is 2. The van der Waals surface area contributed by atoms with E-state index in [1.807, 2.05) is 0 Å². The summed E-state index contributed by atoms with van der Waals surface area (Å²) in [4.78, 5) is 10.3. The van der Waals surface area contributed by atoms with Gasteiger partial charge < -0.3 is 11.1 Å². The average molecular weight is 178 g/mol. The number of amides is 2. The average Bonchev–Trinajstić information content (AvgIpc) is 1.83. The molecule has 0 unspecified atom stereocenters. The number of halogens is 2. The Morgan fingerprint density at radius 3 is 2.42 bits per heavy atom. The molecule has 1 fully saturated rings. The molecular weight excluding hydrogens is 166 g/mol. The summed E-state index contributed by atoms with van der Waals surface area (Å²) in [6.07, 6.45) is -0.598. The van der Waals surface area contributed by atoms with Gasteiger partial charge >= 0.3 is 6.03 Å². The van der Waals surface area contributed by atoms with Crippen LogP contribution < -0.4 is 11.1 Å². The summed E-state index contributed by atoms with van der Waals surface area (Å²) in [5.41, 5.74) is 3.79. The fourth-order valence-electron chi connectivity index (χ4n) is 1.37. The van der Waals surface area contributed by atoms with Crippen LogP contribution in [0.4, 0.5) is 13.6 Å². The maximum absolute atomic E-state index is 12.4. The fraction of sp³-hybridized carbons (Fsp3) is 0.857. The molecule has 2 amide bonds. The second-order valence-electron chi connectivity index (χ2n) is 3.23. The van der Waals surface area contributed by atoms with Crippen LogP contribution in [0.1, 0.15) is 19.3 Å². The molecule has 1 rings (SSSR count). The van der Waals surface area contributed by atoms with E-state index in [2.05, 4.69) is 5.32 Å². The van der Waals surface area contributed by atoms with Gasteiger partial charge in [0.2, 0.25) is 6.43 Å². The minimum atomic E-state index is -2.36. The molecule has 1 aliphatic carbocycles. The van der Waals surface area contributed by atoms with Gasteiger partial charge in [-0.1, -0.05) is 6.42 Å². The first-order chi connectivity index (χ1) is 5.57. The number of nitrogens with two attached hydrogens (primary N) is 1. The van der Waals surface area contributed by atoms with E-state index in [0.29, 0.717) is 12.8 Å². The van der Waals surface area contributed by atoms with E-state index in [4.69, 9.17) is 5.73 Å². The maximum Gasteiger partial charge on any atom is 0.312 e. The Kier molecular flexibility index (Phi) is 2.49. The van der Waals surface area contributed by atoms with Crippen LogP contribution in [0, 0.1) is 5.41 Å². The van der Waals surface area contributed by atoms with Crippen molar-refractivity contribution < 1.29 is 13.6 Å². The molecule has 70 valence electrons. The summed E-state index contributed by atoms with van der Waals surface area (Å²) in [6, 6.07) is -0.734. The van der Waals surface area contributed by atoms with Crippen molar-refractivity contribution in [3.63, 3.8) is 0 Å². The largest absolute Gasteiger partial charge is 0.352 e. The van der Waals surface area contributed by atoms with Crippen molar-refractivity contribution in [2.75, 3.05) is 6.54 Å². The van der Waals surface area contributed by atoms with E-state index in [9.17, 15) is 13.6 Å². The highest BCUT2D eigenvalue weighted by molar-refractivity contribution is 5.71. The predicted octanol–water partition coefficient (Wildman–Crippen LogP) is 1.09. The molecule has 0 spiro atoms. The number of primary amides is 1. The second-order valence-corrected chi connectivity index (χ2v) is 3.23. The van der Waals surface area contributed by atoms with Crippen LogP contribution >= 0.6 is 0 Å². The Morgan fingerprint density at radius 1 is 1.58 bits per heavy atom. The lowest BCUT2D eigenvalue weighted by Gasteiger charge is -2.40. The molecule has 1 saturated carbocycles. The number of hydrogen-bond donors (Lipinski definition) is 2. The van der Waals surface area contributed by atoms with E-state index >= 15 is 0 Å². The molecule has 0 aromatic rings. The summed E-state index contributed by atoms with van der Waals surface area (Å²) in [6.45, 7) is 0. The molecule has 0 aromatic carbocycles. The predicted molar refractivity (Wildman–Crippen MR) is 39.9 cm³/mol. The lowest BCUT2D eigenvalue weighted by atomic mass is 9.69. The molecule has 3 N–H and O–H groups in total. The zero-order chi connectivity index (χ0) is 9.19. The number of nitrogens with one attached hydrogen (secondary N) is 1. The Labute approximate surface area is 69.3 Å². The molecule has 3 nitrogen and oxygen atoms in total. The molecule has 0 saturated heterocycles. The number of carbonyl (C=O) groups is 1. The van der Waals surface area contributed by atoms with E-state index in [1.54, 1.807) is 0 Å². The van der Waals surface area contributed by atoms with Crippen LogP contribution in [0.3, 0.4) is 0 Å². The van der Waals surface area contributed by atoms with E-state index < -0.39 is 17.9 Å². The third kappa shape index (κ3) is 1.65. The van der Waals surface area contributed by atoms with E-state index in [1.165, 1.54) is 0 Å².